The Hall–Kier alpha value is -9.52. The smallest absolute Gasteiger partial charge is 0.444 e. The van der Waals surface area contributed by atoms with E-state index < -0.39 is 153 Å². The van der Waals surface area contributed by atoms with Gasteiger partial charge in [-0.2, -0.15) is 33.7 Å². The van der Waals surface area contributed by atoms with Gasteiger partial charge in [0.15, 0.2) is 15.6 Å². The van der Waals surface area contributed by atoms with Crippen LogP contribution in [0.15, 0.2) is 154 Å². The summed E-state index contributed by atoms with van der Waals surface area (Å²) in [7, 11) is -23.2. The van der Waals surface area contributed by atoms with Crippen LogP contribution in [-0.4, -0.2) is 134 Å². The van der Waals surface area contributed by atoms with E-state index in [1.54, 1.807) is 6.92 Å². The Balaban J connectivity index is 0.00000384. The fourth-order valence-corrected chi connectivity index (χ4v) is 12.3. The molecule has 6 aromatic carbocycles. The molecule has 478 valence electrons. The molecule has 8 rings (SSSR count). The second kappa shape index (κ2) is 28.1. The van der Waals surface area contributed by atoms with Gasteiger partial charge in [-0.05, 0) is 95.1 Å². The molecule has 12 N–H and O–H groups in total. The number of rotatable bonds is 25. The molecule has 35 nitrogen and oxygen atoms in total. The largest absolute Gasteiger partial charge is 0.506 e. The Morgan fingerprint density at radius 2 is 1.43 bits per heavy atom. The highest BCUT2D eigenvalue weighted by atomic mass is 32.3. The lowest BCUT2D eigenvalue weighted by molar-refractivity contribution is -0.603. The summed E-state index contributed by atoms with van der Waals surface area (Å²) >= 11 is 0.270. The topological polar surface area (TPSA) is 540 Å². The summed E-state index contributed by atoms with van der Waals surface area (Å²) in [6, 6.07) is 18.0. The Bertz CT molecular complexity index is 4920. The van der Waals surface area contributed by atoms with Gasteiger partial charge < -0.3 is 31.7 Å². The Morgan fingerprint density at radius 1 is 0.758 bits per heavy atom. The van der Waals surface area contributed by atoms with Crippen molar-refractivity contribution in [1.82, 2.24) is 15.0 Å². The van der Waals surface area contributed by atoms with Crippen molar-refractivity contribution in [2.45, 2.75) is 37.8 Å². The third-order valence-electron chi connectivity index (χ3n) is 12.0. The van der Waals surface area contributed by atoms with Crippen LogP contribution < -0.4 is 25.8 Å². The van der Waals surface area contributed by atoms with E-state index >= 15 is 0 Å². The number of fused-ring (bicyclic) bond motifs is 2. The number of nitrogens with two attached hydrogens (primary N) is 1. The minimum Gasteiger partial charge on any atom is -0.506 e. The summed E-state index contributed by atoms with van der Waals surface area (Å²) in [5.41, 5.74) is 3.13. The van der Waals surface area contributed by atoms with Crippen LogP contribution in [0.1, 0.15) is 23.7 Å². The van der Waals surface area contributed by atoms with E-state index in [1.807, 2.05) is 0 Å². The number of aromatic nitrogens is 4. The second-order valence-corrected chi connectivity index (χ2v) is 26.1. The first-order chi connectivity index (χ1) is 42.6. The quantitative estimate of drug-likeness (QED) is 0.00546. The molecule has 0 spiro atoms. The van der Waals surface area contributed by atoms with Crippen molar-refractivity contribution in [1.29, 1.82) is 0 Å². The van der Waals surface area contributed by atoms with Crippen molar-refractivity contribution < 1.29 is 109 Å². The summed E-state index contributed by atoms with van der Waals surface area (Å²) in [4.78, 5) is 35.5. The van der Waals surface area contributed by atoms with Crippen LogP contribution in [0.25, 0.3) is 27.5 Å². The number of pyridine rings is 1. The minimum atomic E-state index is -5.23. The predicted octanol–water partition coefficient (Wildman–Crippen LogP) is 6.59. The van der Waals surface area contributed by atoms with E-state index in [0.29, 0.717) is 6.07 Å². The lowest BCUT2D eigenvalue weighted by Gasteiger charge is -2.17. The monoisotopic (exact) mass is 1370 g/mol. The molecular weight excluding hydrogens is 1330 g/mol. The predicted molar refractivity (Wildman–Crippen MR) is 319 cm³/mol. The van der Waals surface area contributed by atoms with Crippen molar-refractivity contribution in [3.8, 4) is 29.8 Å². The van der Waals surface area contributed by atoms with Gasteiger partial charge in [-0.3, -0.25) is 32.7 Å². The molecule has 91 heavy (non-hydrogen) atoms. The van der Waals surface area contributed by atoms with Crippen molar-refractivity contribution in [2.75, 3.05) is 41.5 Å². The maximum Gasteiger partial charge on any atom is 0.444 e. The number of nitrogens with zero attached hydrogens (tertiary/aromatic N) is 9. The standard InChI is InChI=1S/C47H40N12O23S6.C3H4/c1-58(26-7-9-28-25(18-26)19-37(83-82-81-65)41(42(28)63)57-55-32-12-10-29-30(43(32)87(74,75)76)5-2-6-38(29)85(68,69)70)46-51-45(52-47(53-46)59-15-3-4-24(23-59)44(48)64)50-33-21-35(49-14-13-40(61)62)39(86(71,72)73)22-34(33)56-54-31-11-8-27(20-36(31)60)84(66,67)17-16-80-88(77,78)79;1-3-2/h2-12,15,18-23H,13-14,16-17H2,1H3,(H11-,48,49,50,51,52,53,54,55,56,57,60,61,62,63,64,65,68,69,70,71,72,73,74,75,76,77,78,79);1H,2H3/p+1. The lowest BCUT2D eigenvalue weighted by atomic mass is 10.1. The highest BCUT2D eigenvalue weighted by Gasteiger charge is 2.28. The molecule has 2 aromatic heterocycles. The molecule has 0 aliphatic carbocycles. The Kier molecular flexibility index (Phi) is 21.3. The molecular formula is C50H45N12O23S6+. The van der Waals surface area contributed by atoms with E-state index in [-0.39, 0.29) is 67.3 Å². The van der Waals surface area contributed by atoms with E-state index in [1.165, 1.54) is 65.3 Å². The number of aromatic hydroxyl groups is 2. The molecule has 0 bridgehead atoms. The average Bonchev–Trinajstić information content (AvgIpc) is 0.780. The van der Waals surface area contributed by atoms with Gasteiger partial charge in [0, 0.05) is 41.5 Å². The number of amides is 1. The van der Waals surface area contributed by atoms with Crippen molar-refractivity contribution in [3.05, 3.63) is 115 Å². The second-order valence-electron chi connectivity index (χ2n) is 18.0. The molecule has 1 amide bonds. The number of hydrogen-bond donors (Lipinski definition) is 11. The van der Waals surface area contributed by atoms with E-state index in [0.717, 1.165) is 54.6 Å². The number of carbonyl (C=O) groups is 2. The van der Waals surface area contributed by atoms with Crippen LogP contribution in [-0.2, 0) is 68.9 Å². The zero-order valence-electron chi connectivity index (χ0n) is 46.1. The number of phenolic OH excluding ortho intramolecular Hbond substituents is 2. The fourth-order valence-electron chi connectivity index (χ4n) is 8.05. The molecule has 0 fully saturated rings. The number of nitrogens with one attached hydrogen (secondary N) is 2. The summed E-state index contributed by atoms with van der Waals surface area (Å²) < 4.78 is 172. The molecule has 8 aromatic rings. The number of aliphatic carboxylic acids is 1. The van der Waals surface area contributed by atoms with Crippen LogP contribution in [0.5, 0.6) is 11.5 Å². The van der Waals surface area contributed by atoms with Crippen LogP contribution >= 0.6 is 12.0 Å². The average molecular weight is 1370 g/mol. The van der Waals surface area contributed by atoms with E-state index in [9.17, 15) is 80.7 Å². The van der Waals surface area contributed by atoms with Gasteiger partial charge in [0.1, 0.15) is 43.2 Å². The minimum absolute atomic E-state index is 0.0316. The third kappa shape index (κ3) is 17.3. The Labute approximate surface area is 518 Å². The summed E-state index contributed by atoms with van der Waals surface area (Å²) in [5, 5.41) is 65.7. The summed E-state index contributed by atoms with van der Waals surface area (Å²) in [5.74, 6) is -3.27. The number of hydrogen-bond acceptors (Lipinski definition) is 29. The Morgan fingerprint density at radius 3 is 2.07 bits per heavy atom. The highest BCUT2D eigenvalue weighted by molar-refractivity contribution is 7.94. The summed E-state index contributed by atoms with van der Waals surface area (Å²) in [6.45, 7) is 0.244. The molecule has 2 heterocycles. The van der Waals surface area contributed by atoms with Gasteiger partial charge in [0.2, 0.25) is 0 Å². The molecule has 0 atom stereocenters. The normalized spacial score (nSPS) is 12.2. The van der Waals surface area contributed by atoms with Gasteiger partial charge in [-0.1, -0.05) is 23.2 Å². The number of terminal acetylenes is 1. The number of primary amides is 1. The number of carboxylic acid groups (broad SMARTS) is 1. The first-order valence-corrected chi connectivity index (χ1v) is 32.7. The number of benzene rings is 6. The highest BCUT2D eigenvalue weighted by Crippen LogP contribution is 2.46. The van der Waals surface area contributed by atoms with Gasteiger partial charge in [0.25, 0.3) is 36.3 Å². The number of azo groups is 2. The number of anilines is 5. The fraction of sp³-hybridized carbons (Fsp3) is 0.120. The van der Waals surface area contributed by atoms with E-state index in [4.69, 9.17) is 15.5 Å². The SMILES string of the molecule is C#CC.CN(c1ccc2c(O)c(N=Nc3ccc4c(S(=O)(=O)O)cccc4c3S(=O)(=O)O)c(SOOO)cc2c1)c1nc(Nc2cc(NCCC(=O)O)c(S(=O)(=O)O)cc2N=Nc2ccc(S(=O)(=O)CCOS(=O)(=O)O)cc2O)nc(-[n+]2cccc(C(N)=O)c2)n1. The van der Waals surface area contributed by atoms with Gasteiger partial charge in [-0.25, -0.2) is 22.4 Å². The first kappa shape index (κ1) is 69.0. The molecule has 0 unspecified atom stereocenters. The number of phenols is 2. The van der Waals surface area contributed by atoms with Gasteiger partial charge in [-0.15, -0.1) is 42.1 Å². The zero-order valence-corrected chi connectivity index (χ0v) is 51.0. The summed E-state index contributed by atoms with van der Waals surface area (Å²) in [6.07, 6.45) is 6.69. The zero-order chi connectivity index (χ0) is 67.0. The first-order valence-electron chi connectivity index (χ1n) is 24.7. The number of carbonyl (C=O) groups excluding carboxylic acids is 1. The molecule has 0 aliphatic rings. The van der Waals surface area contributed by atoms with Crippen LogP contribution in [0.3, 0.4) is 0 Å². The van der Waals surface area contributed by atoms with Crippen molar-refractivity contribution in [2.24, 2.45) is 26.2 Å². The molecule has 0 saturated carbocycles. The maximum atomic E-state index is 12.9. The molecule has 0 saturated heterocycles. The molecule has 41 heteroatoms. The van der Waals surface area contributed by atoms with Gasteiger partial charge in [0.05, 0.1) is 69.9 Å². The lowest BCUT2D eigenvalue weighted by Crippen LogP contribution is -2.35. The molecule has 0 radical (unpaired) electrons. The van der Waals surface area contributed by atoms with Crippen molar-refractivity contribution >= 4 is 148 Å². The van der Waals surface area contributed by atoms with Crippen molar-refractivity contribution in [3.63, 3.8) is 0 Å². The molecule has 0 aliphatic heterocycles. The number of sulfone groups is 1. The third-order valence-corrected chi connectivity index (χ3v) is 17.5. The van der Waals surface area contributed by atoms with Crippen LogP contribution in [0.2, 0.25) is 0 Å². The maximum absolute atomic E-state index is 12.9. The number of carboxylic acids is 1. The van der Waals surface area contributed by atoms with Crippen LogP contribution in [0.4, 0.5) is 51.7 Å². The van der Waals surface area contributed by atoms with Crippen LogP contribution in [0, 0.1) is 12.3 Å². The van der Waals surface area contributed by atoms with E-state index in [2.05, 4.69) is 71.9 Å². The van der Waals surface area contributed by atoms with Gasteiger partial charge >= 0.3 is 34.2 Å².